The fourth-order valence-corrected chi connectivity index (χ4v) is 3.83. The van der Waals surface area contributed by atoms with Gasteiger partial charge in [-0.05, 0) is 79.8 Å². The average molecular weight is 460 g/mol. The van der Waals surface area contributed by atoms with E-state index >= 15 is 0 Å². The molecule has 0 fully saturated rings. The van der Waals surface area contributed by atoms with Crippen LogP contribution in [-0.2, 0) is 6.42 Å². The molecule has 2 nitrogen and oxygen atoms in total. The first-order valence-corrected chi connectivity index (χ1v) is 11.4. The zero-order chi connectivity index (χ0) is 23.2. The highest BCUT2D eigenvalue weighted by Gasteiger charge is 2.17. The first-order valence-electron chi connectivity index (χ1n) is 10.2. The maximum atomic E-state index is 12.3. The Kier molecular flexibility index (Phi) is 12.7. The summed E-state index contributed by atoms with van der Waals surface area (Å²) in [5.41, 5.74) is 3.50. The molecule has 0 aliphatic carbocycles. The smallest absolute Gasteiger partial charge is 0.123 e. The largest absolute Gasteiger partial charge is 0.384 e. The molecule has 0 saturated carbocycles. The SMILES string of the molecule is C=C(/C(=C\C)c1ccc(Cl)s1)C(O)/C(C)=C/N=C\C=C/C.CCCc1ccc(F)cc1. The van der Waals surface area contributed by atoms with Crippen molar-refractivity contribution in [1.82, 2.24) is 0 Å². The molecule has 1 N–H and O–H groups in total. The Morgan fingerprint density at radius 1 is 1.23 bits per heavy atom. The van der Waals surface area contributed by atoms with Gasteiger partial charge in [0.2, 0.25) is 0 Å². The predicted molar refractivity (Wildman–Crippen MR) is 136 cm³/mol. The molecule has 1 atom stereocenters. The van der Waals surface area contributed by atoms with Gasteiger partial charge in [-0.3, -0.25) is 4.99 Å². The maximum Gasteiger partial charge on any atom is 0.123 e. The summed E-state index contributed by atoms with van der Waals surface area (Å²) in [6.07, 6.45) is 10.4. The third-order valence-electron chi connectivity index (χ3n) is 4.33. The number of hydrogen-bond acceptors (Lipinski definition) is 3. The Morgan fingerprint density at radius 3 is 2.42 bits per heavy atom. The fraction of sp³-hybridized carbons (Fsp3) is 0.269. The van der Waals surface area contributed by atoms with Gasteiger partial charge in [0.05, 0.1) is 4.34 Å². The van der Waals surface area contributed by atoms with Crippen molar-refractivity contribution >= 4 is 34.7 Å². The number of aryl methyl sites for hydroxylation is 1. The highest BCUT2D eigenvalue weighted by atomic mass is 35.5. The van der Waals surface area contributed by atoms with E-state index in [1.54, 1.807) is 12.4 Å². The van der Waals surface area contributed by atoms with Gasteiger partial charge in [-0.2, -0.15) is 0 Å². The van der Waals surface area contributed by atoms with Gasteiger partial charge in [-0.15, -0.1) is 11.3 Å². The highest BCUT2D eigenvalue weighted by Crippen LogP contribution is 2.33. The Morgan fingerprint density at radius 2 is 1.90 bits per heavy atom. The molecule has 0 amide bonds. The summed E-state index contributed by atoms with van der Waals surface area (Å²) in [6, 6.07) is 10.5. The minimum Gasteiger partial charge on any atom is -0.384 e. The van der Waals surface area contributed by atoms with Crippen molar-refractivity contribution in [2.24, 2.45) is 4.99 Å². The van der Waals surface area contributed by atoms with Crippen LogP contribution in [0.4, 0.5) is 4.39 Å². The molecule has 1 aromatic carbocycles. The molecule has 0 bridgehead atoms. The average Bonchev–Trinajstić information content (AvgIpc) is 3.19. The van der Waals surface area contributed by atoms with Gasteiger partial charge in [0.25, 0.3) is 0 Å². The molecule has 0 aliphatic heterocycles. The standard InChI is InChI=1S/C17H20ClNOS.C9H11F/c1-5-7-10-19-11-12(3)17(20)13(4)14(6-2)15-8-9-16(18)21-15;1-2-3-8-4-6-9(10)7-5-8/h5-11,17,20H,4H2,1-3H3;4-7H,2-3H2,1H3/b7-5-,12-11+,14-6+,19-10-;. The fourth-order valence-electron chi connectivity index (χ4n) is 2.67. The minimum atomic E-state index is -0.764. The maximum absolute atomic E-state index is 12.3. The lowest BCUT2D eigenvalue weighted by atomic mass is 9.96. The lowest BCUT2D eigenvalue weighted by molar-refractivity contribution is 0.252. The molecule has 166 valence electrons. The van der Waals surface area contributed by atoms with E-state index in [1.165, 1.54) is 29.0 Å². The van der Waals surface area contributed by atoms with Gasteiger partial charge in [-0.25, -0.2) is 4.39 Å². The number of aliphatic imine (C=N–C) groups is 1. The zero-order valence-corrected chi connectivity index (χ0v) is 20.2. The Hall–Kier alpha value is -2.27. The van der Waals surface area contributed by atoms with Gasteiger partial charge < -0.3 is 5.11 Å². The van der Waals surface area contributed by atoms with Crippen LogP contribution < -0.4 is 0 Å². The Balaban J connectivity index is 0.000000399. The summed E-state index contributed by atoms with van der Waals surface area (Å²) in [7, 11) is 0. The van der Waals surface area contributed by atoms with Crippen LogP contribution in [-0.4, -0.2) is 17.4 Å². The van der Waals surface area contributed by atoms with Gasteiger partial charge in [0, 0.05) is 17.3 Å². The van der Waals surface area contributed by atoms with E-state index in [1.807, 2.05) is 63.3 Å². The predicted octanol–water partition coefficient (Wildman–Crippen LogP) is 8.05. The van der Waals surface area contributed by atoms with E-state index in [2.05, 4.69) is 18.5 Å². The molecule has 5 heteroatoms. The molecular formula is C26H31ClFNOS. The molecular weight excluding hydrogens is 429 g/mol. The normalized spacial score (nSPS) is 13.4. The monoisotopic (exact) mass is 459 g/mol. The zero-order valence-electron chi connectivity index (χ0n) is 18.6. The first-order chi connectivity index (χ1) is 14.8. The number of benzene rings is 1. The lowest BCUT2D eigenvalue weighted by Crippen LogP contribution is -2.12. The van der Waals surface area contributed by atoms with Crippen molar-refractivity contribution in [3.8, 4) is 0 Å². The van der Waals surface area contributed by atoms with Gasteiger partial charge in [0.15, 0.2) is 0 Å². The molecule has 1 unspecified atom stereocenters. The Labute approximate surface area is 194 Å². The molecule has 31 heavy (non-hydrogen) atoms. The molecule has 0 saturated heterocycles. The van der Waals surface area contributed by atoms with E-state index < -0.39 is 6.10 Å². The minimum absolute atomic E-state index is 0.153. The van der Waals surface area contributed by atoms with Crippen molar-refractivity contribution in [3.05, 3.63) is 99.1 Å². The summed E-state index contributed by atoms with van der Waals surface area (Å²) in [6.45, 7) is 11.8. The molecule has 2 aromatic rings. The second-order valence-electron chi connectivity index (χ2n) is 6.81. The van der Waals surface area contributed by atoms with Crippen LogP contribution in [0.3, 0.4) is 0 Å². The van der Waals surface area contributed by atoms with Crippen molar-refractivity contribution in [3.63, 3.8) is 0 Å². The number of rotatable bonds is 8. The molecule has 0 aliphatic rings. The summed E-state index contributed by atoms with van der Waals surface area (Å²) >= 11 is 7.44. The van der Waals surface area contributed by atoms with Crippen LogP contribution in [0.25, 0.3) is 5.57 Å². The van der Waals surface area contributed by atoms with Crippen LogP contribution >= 0.6 is 22.9 Å². The number of halogens is 2. The van der Waals surface area contributed by atoms with Gasteiger partial charge in [-0.1, -0.05) is 55.8 Å². The molecule has 0 radical (unpaired) electrons. The number of allylic oxidation sites excluding steroid dienone is 3. The summed E-state index contributed by atoms with van der Waals surface area (Å²) in [5.74, 6) is -0.153. The second-order valence-corrected chi connectivity index (χ2v) is 8.52. The number of nitrogens with zero attached hydrogens (tertiary/aromatic N) is 1. The number of thiophene rings is 1. The molecule has 0 spiro atoms. The van der Waals surface area contributed by atoms with Crippen molar-refractivity contribution in [2.45, 2.75) is 46.6 Å². The van der Waals surface area contributed by atoms with Crippen molar-refractivity contribution < 1.29 is 9.50 Å². The summed E-state index contributed by atoms with van der Waals surface area (Å²) < 4.78 is 13.0. The van der Waals surface area contributed by atoms with Gasteiger partial charge >= 0.3 is 0 Å². The van der Waals surface area contributed by atoms with E-state index in [4.69, 9.17) is 11.6 Å². The van der Waals surface area contributed by atoms with E-state index in [9.17, 15) is 9.50 Å². The van der Waals surface area contributed by atoms with Crippen LogP contribution in [0.15, 0.2) is 83.5 Å². The van der Waals surface area contributed by atoms with Crippen LogP contribution in [0.5, 0.6) is 0 Å². The van der Waals surface area contributed by atoms with Crippen molar-refractivity contribution in [2.75, 3.05) is 0 Å². The lowest BCUT2D eigenvalue weighted by Gasteiger charge is -2.16. The third-order valence-corrected chi connectivity index (χ3v) is 5.59. The molecule has 1 heterocycles. The van der Waals surface area contributed by atoms with E-state index in [-0.39, 0.29) is 5.82 Å². The highest BCUT2D eigenvalue weighted by molar-refractivity contribution is 7.17. The number of hydrogen-bond donors (Lipinski definition) is 1. The molecule has 2 rings (SSSR count). The Bertz CT molecular complexity index is 939. The number of aliphatic hydroxyl groups is 1. The second kappa shape index (κ2) is 14.7. The van der Waals surface area contributed by atoms with Crippen LogP contribution in [0.1, 0.15) is 44.6 Å². The topological polar surface area (TPSA) is 32.6 Å². The summed E-state index contributed by atoms with van der Waals surface area (Å²) in [5, 5.41) is 10.4. The van der Waals surface area contributed by atoms with E-state index in [0.717, 1.165) is 33.2 Å². The van der Waals surface area contributed by atoms with Crippen molar-refractivity contribution in [1.29, 1.82) is 0 Å². The molecule has 1 aromatic heterocycles. The number of aliphatic hydroxyl groups excluding tert-OH is 1. The van der Waals surface area contributed by atoms with Crippen LogP contribution in [0.2, 0.25) is 4.34 Å². The van der Waals surface area contributed by atoms with E-state index in [0.29, 0.717) is 5.57 Å². The quantitative estimate of drug-likeness (QED) is 0.314. The summed E-state index contributed by atoms with van der Waals surface area (Å²) in [4.78, 5) is 5.11. The first kappa shape index (κ1) is 26.8. The van der Waals surface area contributed by atoms with Crippen LogP contribution in [0, 0.1) is 5.82 Å². The van der Waals surface area contributed by atoms with Gasteiger partial charge in [0.1, 0.15) is 11.9 Å². The third kappa shape index (κ3) is 9.60.